The van der Waals surface area contributed by atoms with E-state index < -0.39 is 16.0 Å². The lowest BCUT2D eigenvalue weighted by atomic mass is 10.4. The van der Waals surface area contributed by atoms with Crippen molar-refractivity contribution >= 4 is 27.3 Å². The molecule has 1 aromatic rings. The Kier molecular flexibility index (Phi) is 4.51. The van der Waals surface area contributed by atoms with E-state index in [0.717, 1.165) is 30.6 Å². The number of hydrogen-bond acceptors (Lipinski definition) is 4. The maximum Gasteiger partial charge on any atom is 0.345 e. The smallest absolute Gasteiger partial charge is 0.345 e. The van der Waals surface area contributed by atoms with E-state index in [1.165, 1.54) is 10.4 Å². The van der Waals surface area contributed by atoms with E-state index in [4.69, 9.17) is 5.11 Å². The van der Waals surface area contributed by atoms with Gasteiger partial charge in [0.15, 0.2) is 0 Å². The van der Waals surface area contributed by atoms with E-state index in [0.29, 0.717) is 23.9 Å². The minimum absolute atomic E-state index is 0.0731. The quantitative estimate of drug-likeness (QED) is 0.838. The molecule has 1 aliphatic carbocycles. The fourth-order valence-corrected chi connectivity index (χ4v) is 5.12. The Hall–Kier alpha value is -0.920. The lowest BCUT2D eigenvalue weighted by Gasteiger charge is -2.21. The zero-order valence-corrected chi connectivity index (χ0v) is 13.3. The molecule has 0 atom stereocenters. The van der Waals surface area contributed by atoms with Gasteiger partial charge in [-0.15, -0.1) is 11.3 Å². The Morgan fingerprint density at radius 2 is 2.15 bits per heavy atom. The van der Waals surface area contributed by atoms with Crippen LogP contribution in [0.5, 0.6) is 0 Å². The number of aromatic carboxylic acids is 1. The monoisotopic (exact) mass is 317 g/mol. The SMILES string of the molecule is CCCN(CC1CC1)S(=O)(=O)c1cc(C(=O)O)sc1C. The average Bonchev–Trinajstić information content (AvgIpc) is 3.08. The molecule has 0 bridgehead atoms. The van der Waals surface area contributed by atoms with Crippen LogP contribution in [-0.4, -0.2) is 36.9 Å². The van der Waals surface area contributed by atoms with Crippen molar-refractivity contribution in [3.05, 3.63) is 15.8 Å². The second-order valence-electron chi connectivity index (χ2n) is 5.14. The molecule has 1 heterocycles. The first-order valence-corrected chi connectivity index (χ1v) is 8.95. The van der Waals surface area contributed by atoms with Gasteiger partial charge in [-0.3, -0.25) is 0 Å². The summed E-state index contributed by atoms with van der Waals surface area (Å²) in [6, 6.07) is 1.28. The second-order valence-corrected chi connectivity index (χ2v) is 8.31. The topological polar surface area (TPSA) is 74.7 Å². The number of aryl methyl sites for hydroxylation is 1. The Morgan fingerprint density at radius 3 is 2.60 bits per heavy atom. The standard InChI is InChI=1S/C13H19NO4S2/c1-3-6-14(8-10-4-5-10)20(17,18)12-7-11(13(15)16)19-9(12)2/h7,10H,3-6,8H2,1-2H3,(H,15,16). The Balaban J connectivity index is 2.33. The summed E-state index contributed by atoms with van der Waals surface area (Å²) in [7, 11) is -3.58. The zero-order chi connectivity index (χ0) is 14.9. The highest BCUT2D eigenvalue weighted by Crippen LogP contribution is 2.33. The summed E-state index contributed by atoms with van der Waals surface area (Å²) < 4.78 is 26.9. The largest absolute Gasteiger partial charge is 0.477 e. The van der Waals surface area contributed by atoms with E-state index in [9.17, 15) is 13.2 Å². The molecule has 0 saturated heterocycles. The summed E-state index contributed by atoms with van der Waals surface area (Å²) in [4.78, 5) is 11.7. The highest BCUT2D eigenvalue weighted by Gasteiger charge is 2.33. The summed E-state index contributed by atoms with van der Waals surface area (Å²) in [5.41, 5.74) is 0. The van der Waals surface area contributed by atoms with Crippen molar-refractivity contribution < 1.29 is 18.3 Å². The van der Waals surface area contributed by atoms with Gasteiger partial charge in [-0.05, 0) is 38.2 Å². The maximum absolute atomic E-state index is 12.7. The van der Waals surface area contributed by atoms with E-state index >= 15 is 0 Å². The van der Waals surface area contributed by atoms with E-state index in [-0.39, 0.29) is 9.77 Å². The molecule has 0 aromatic carbocycles. The lowest BCUT2D eigenvalue weighted by molar-refractivity contribution is 0.0702. The third-order valence-corrected chi connectivity index (χ3v) is 6.49. The van der Waals surface area contributed by atoms with Crippen molar-refractivity contribution in [2.75, 3.05) is 13.1 Å². The van der Waals surface area contributed by atoms with Crippen molar-refractivity contribution in [1.29, 1.82) is 0 Å². The molecule has 2 rings (SSSR count). The number of rotatable bonds is 7. The molecule has 0 aliphatic heterocycles. The van der Waals surface area contributed by atoms with Crippen LogP contribution in [0, 0.1) is 12.8 Å². The first-order valence-electron chi connectivity index (χ1n) is 6.70. The molecular formula is C13H19NO4S2. The fraction of sp³-hybridized carbons (Fsp3) is 0.615. The molecular weight excluding hydrogens is 298 g/mol. The van der Waals surface area contributed by atoms with Gasteiger partial charge in [0, 0.05) is 18.0 Å². The van der Waals surface area contributed by atoms with Gasteiger partial charge in [-0.1, -0.05) is 6.92 Å². The van der Waals surface area contributed by atoms with Gasteiger partial charge in [-0.25, -0.2) is 13.2 Å². The van der Waals surface area contributed by atoms with E-state index in [1.807, 2.05) is 6.92 Å². The summed E-state index contributed by atoms with van der Waals surface area (Å²) >= 11 is 1.01. The van der Waals surface area contributed by atoms with Gasteiger partial charge in [0.25, 0.3) is 0 Å². The van der Waals surface area contributed by atoms with Gasteiger partial charge < -0.3 is 5.11 Å². The molecule has 20 heavy (non-hydrogen) atoms. The normalized spacial score (nSPS) is 15.8. The Bertz CT molecular complexity index is 602. The third-order valence-electron chi connectivity index (χ3n) is 3.33. The molecule has 0 unspecified atom stereocenters. The minimum atomic E-state index is -3.58. The molecule has 1 aliphatic rings. The molecule has 112 valence electrons. The molecule has 0 amide bonds. The van der Waals surface area contributed by atoms with Crippen LogP contribution >= 0.6 is 11.3 Å². The summed E-state index contributed by atoms with van der Waals surface area (Å²) in [6.45, 7) is 4.63. The predicted octanol–water partition coefficient (Wildman–Crippen LogP) is 2.57. The molecule has 1 fully saturated rings. The number of nitrogens with zero attached hydrogens (tertiary/aromatic N) is 1. The Labute approximate surface area is 123 Å². The van der Waals surface area contributed by atoms with Crippen molar-refractivity contribution in [2.45, 2.75) is 38.0 Å². The van der Waals surface area contributed by atoms with Crippen molar-refractivity contribution in [3.63, 3.8) is 0 Å². The fourth-order valence-electron chi connectivity index (χ4n) is 2.11. The molecule has 5 nitrogen and oxygen atoms in total. The highest BCUT2D eigenvalue weighted by atomic mass is 32.2. The van der Waals surface area contributed by atoms with Crippen molar-refractivity contribution in [2.24, 2.45) is 5.92 Å². The average molecular weight is 317 g/mol. The van der Waals surface area contributed by atoms with Gasteiger partial charge in [-0.2, -0.15) is 4.31 Å². The number of sulfonamides is 1. The van der Waals surface area contributed by atoms with Crippen LogP contribution in [0.4, 0.5) is 0 Å². The van der Waals surface area contributed by atoms with Gasteiger partial charge in [0.1, 0.15) is 4.88 Å². The second kappa shape index (κ2) is 5.83. The van der Waals surface area contributed by atoms with Crippen LogP contribution in [0.1, 0.15) is 40.7 Å². The van der Waals surface area contributed by atoms with Crippen LogP contribution in [0.15, 0.2) is 11.0 Å². The summed E-state index contributed by atoms with van der Waals surface area (Å²) in [6.07, 6.45) is 2.92. The molecule has 1 N–H and O–H groups in total. The first kappa shape index (κ1) is 15.5. The number of thiophene rings is 1. The Morgan fingerprint density at radius 1 is 1.50 bits per heavy atom. The third kappa shape index (κ3) is 3.21. The van der Waals surface area contributed by atoms with Crippen LogP contribution < -0.4 is 0 Å². The number of carboxylic acid groups (broad SMARTS) is 1. The van der Waals surface area contributed by atoms with Crippen molar-refractivity contribution in [3.8, 4) is 0 Å². The predicted molar refractivity (Wildman–Crippen MR) is 77.8 cm³/mol. The molecule has 1 saturated carbocycles. The summed E-state index contributed by atoms with van der Waals surface area (Å²) in [5.74, 6) is -0.613. The van der Waals surface area contributed by atoms with Crippen LogP contribution in [0.2, 0.25) is 0 Å². The highest BCUT2D eigenvalue weighted by molar-refractivity contribution is 7.89. The van der Waals surface area contributed by atoms with Crippen LogP contribution in [-0.2, 0) is 10.0 Å². The molecule has 0 spiro atoms. The zero-order valence-electron chi connectivity index (χ0n) is 11.6. The number of carbonyl (C=O) groups is 1. The van der Waals surface area contributed by atoms with Gasteiger partial charge in [0.2, 0.25) is 10.0 Å². The number of hydrogen-bond donors (Lipinski definition) is 1. The van der Waals surface area contributed by atoms with Crippen LogP contribution in [0.25, 0.3) is 0 Å². The first-order chi connectivity index (χ1) is 9.36. The van der Waals surface area contributed by atoms with E-state index in [2.05, 4.69) is 0 Å². The minimum Gasteiger partial charge on any atom is -0.477 e. The molecule has 1 aromatic heterocycles. The van der Waals surface area contributed by atoms with Gasteiger partial charge >= 0.3 is 5.97 Å². The van der Waals surface area contributed by atoms with Gasteiger partial charge in [0.05, 0.1) is 4.90 Å². The summed E-state index contributed by atoms with van der Waals surface area (Å²) in [5, 5.41) is 8.99. The van der Waals surface area contributed by atoms with Crippen LogP contribution in [0.3, 0.4) is 0 Å². The molecule has 0 radical (unpaired) electrons. The number of carboxylic acids is 1. The molecule has 7 heteroatoms. The van der Waals surface area contributed by atoms with Crippen molar-refractivity contribution in [1.82, 2.24) is 4.31 Å². The lowest BCUT2D eigenvalue weighted by Crippen LogP contribution is -2.33. The van der Waals surface area contributed by atoms with E-state index in [1.54, 1.807) is 6.92 Å². The maximum atomic E-state index is 12.7.